The molecule has 0 spiro atoms. The highest BCUT2D eigenvalue weighted by atomic mass is 35.5. The van der Waals surface area contributed by atoms with Crippen molar-refractivity contribution in [1.82, 2.24) is 0 Å². The standard InChI is InChI=1S/C24H18ClNO2/c25-21-12-10-20(11-13-21)23(27)16-8-19-6-14-22(15-7-19)26-24(28)17-9-18-4-2-1-3-5-18/h1-17H,(H,26,28). The monoisotopic (exact) mass is 387 g/mol. The summed E-state index contributed by atoms with van der Waals surface area (Å²) in [5.41, 5.74) is 3.09. The van der Waals surface area contributed by atoms with Crippen molar-refractivity contribution in [2.45, 2.75) is 0 Å². The van der Waals surface area contributed by atoms with Crippen molar-refractivity contribution in [3.63, 3.8) is 0 Å². The zero-order valence-electron chi connectivity index (χ0n) is 15.0. The Morgan fingerprint density at radius 2 is 1.32 bits per heavy atom. The predicted octanol–water partition coefficient (Wildman–Crippen LogP) is 5.89. The van der Waals surface area contributed by atoms with E-state index < -0.39 is 0 Å². The molecule has 28 heavy (non-hydrogen) atoms. The first-order valence-electron chi connectivity index (χ1n) is 8.72. The predicted molar refractivity (Wildman–Crippen MR) is 115 cm³/mol. The Balaban J connectivity index is 1.57. The maximum atomic E-state index is 12.1. The molecule has 0 saturated heterocycles. The number of hydrogen-bond acceptors (Lipinski definition) is 2. The van der Waals surface area contributed by atoms with Gasteiger partial charge in [-0.05, 0) is 59.7 Å². The van der Waals surface area contributed by atoms with Gasteiger partial charge >= 0.3 is 0 Å². The molecule has 1 amide bonds. The van der Waals surface area contributed by atoms with Gasteiger partial charge in [-0.25, -0.2) is 0 Å². The van der Waals surface area contributed by atoms with Crippen molar-refractivity contribution < 1.29 is 9.59 Å². The summed E-state index contributed by atoms with van der Waals surface area (Å²) in [4.78, 5) is 24.1. The van der Waals surface area contributed by atoms with Crippen LogP contribution in [0.3, 0.4) is 0 Å². The van der Waals surface area contributed by atoms with Crippen LogP contribution < -0.4 is 5.32 Å². The minimum absolute atomic E-state index is 0.0971. The van der Waals surface area contributed by atoms with Crippen LogP contribution in [0.2, 0.25) is 5.02 Å². The molecule has 1 N–H and O–H groups in total. The normalized spacial score (nSPS) is 11.0. The number of benzene rings is 3. The molecule has 0 heterocycles. The van der Waals surface area contributed by atoms with E-state index in [2.05, 4.69) is 5.32 Å². The van der Waals surface area contributed by atoms with Crippen molar-refractivity contribution in [1.29, 1.82) is 0 Å². The number of carbonyl (C=O) groups is 2. The zero-order valence-corrected chi connectivity index (χ0v) is 15.8. The summed E-state index contributed by atoms with van der Waals surface area (Å²) in [5, 5.41) is 3.40. The van der Waals surface area contributed by atoms with Gasteiger partial charge in [0.1, 0.15) is 0 Å². The molecule has 0 unspecified atom stereocenters. The number of carbonyl (C=O) groups excluding carboxylic acids is 2. The largest absolute Gasteiger partial charge is 0.323 e. The summed E-state index contributed by atoms with van der Waals surface area (Å²) < 4.78 is 0. The van der Waals surface area contributed by atoms with Crippen LogP contribution in [0.1, 0.15) is 21.5 Å². The number of amides is 1. The Bertz CT molecular complexity index is 1000. The first kappa shape index (κ1) is 19.3. The summed E-state index contributed by atoms with van der Waals surface area (Å²) in [5.74, 6) is -0.301. The molecule has 0 aliphatic rings. The van der Waals surface area contributed by atoms with Gasteiger partial charge in [-0.15, -0.1) is 0 Å². The quantitative estimate of drug-likeness (QED) is 0.423. The fourth-order valence-electron chi connectivity index (χ4n) is 2.48. The average molecular weight is 388 g/mol. The second-order valence-electron chi connectivity index (χ2n) is 6.06. The van der Waals surface area contributed by atoms with Gasteiger partial charge in [-0.3, -0.25) is 9.59 Å². The smallest absolute Gasteiger partial charge is 0.248 e. The highest BCUT2D eigenvalue weighted by Gasteiger charge is 2.02. The highest BCUT2D eigenvalue weighted by molar-refractivity contribution is 6.30. The summed E-state index contributed by atoms with van der Waals surface area (Å²) in [6.07, 6.45) is 6.50. The van der Waals surface area contributed by atoms with Crippen molar-refractivity contribution in [3.05, 3.63) is 113 Å². The summed E-state index contributed by atoms with van der Waals surface area (Å²) in [6.45, 7) is 0. The van der Waals surface area contributed by atoms with E-state index in [1.54, 1.807) is 48.6 Å². The van der Waals surface area contributed by atoms with Crippen LogP contribution in [0.15, 0.2) is 91.0 Å². The van der Waals surface area contributed by atoms with Crippen LogP contribution in [0.4, 0.5) is 5.69 Å². The van der Waals surface area contributed by atoms with Crippen molar-refractivity contribution >= 4 is 41.1 Å². The third-order valence-electron chi connectivity index (χ3n) is 3.96. The molecule has 0 bridgehead atoms. The molecule has 0 radical (unpaired) electrons. The maximum Gasteiger partial charge on any atom is 0.248 e. The van der Waals surface area contributed by atoms with Gasteiger partial charge in [0.2, 0.25) is 5.91 Å². The van der Waals surface area contributed by atoms with Crippen LogP contribution in [0.25, 0.3) is 12.2 Å². The van der Waals surface area contributed by atoms with E-state index in [0.717, 1.165) is 11.1 Å². The molecular weight excluding hydrogens is 370 g/mol. The molecule has 0 aromatic heterocycles. The third-order valence-corrected chi connectivity index (χ3v) is 4.21. The molecule has 4 heteroatoms. The zero-order chi connectivity index (χ0) is 19.8. The van der Waals surface area contributed by atoms with Crippen LogP contribution in [0.5, 0.6) is 0 Å². The van der Waals surface area contributed by atoms with E-state index >= 15 is 0 Å². The van der Waals surface area contributed by atoms with Crippen molar-refractivity contribution in [3.8, 4) is 0 Å². The number of nitrogens with one attached hydrogen (secondary N) is 1. The SMILES string of the molecule is O=C(C=Cc1ccccc1)Nc1ccc(C=CC(=O)c2ccc(Cl)cc2)cc1. The Kier molecular flexibility index (Phi) is 6.55. The molecule has 0 aliphatic heterocycles. The minimum Gasteiger partial charge on any atom is -0.323 e. The summed E-state index contributed by atoms with van der Waals surface area (Å²) in [7, 11) is 0. The number of halogens is 1. The molecular formula is C24H18ClNO2. The number of hydrogen-bond donors (Lipinski definition) is 1. The number of allylic oxidation sites excluding steroid dienone is 1. The molecule has 3 aromatic rings. The molecule has 3 rings (SSSR count). The van der Waals surface area contributed by atoms with Gasteiger partial charge < -0.3 is 5.32 Å². The number of anilines is 1. The van der Waals surface area contributed by atoms with E-state index in [1.165, 1.54) is 12.2 Å². The van der Waals surface area contributed by atoms with E-state index in [0.29, 0.717) is 16.3 Å². The van der Waals surface area contributed by atoms with E-state index in [-0.39, 0.29) is 11.7 Å². The topological polar surface area (TPSA) is 46.2 Å². The van der Waals surface area contributed by atoms with Gasteiger partial charge in [0.15, 0.2) is 5.78 Å². The molecule has 3 nitrogen and oxygen atoms in total. The van der Waals surface area contributed by atoms with E-state index in [9.17, 15) is 9.59 Å². The minimum atomic E-state index is -0.204. The van der Waals surface area contributed by atoms with Gasteiger partial charge in [-0.2, -0.15) is 0 Å². The van der Waals surface area contributed by atoms with Crippen LogP contribution >= 0.6 is 11.6 Å². The Labute approximate surface area is 169 Å². The van der Waals surface area contributed by atoms with Gasteiger partial charge in [-0.1, -0.05) is 60.1 Å². The van der Waals surface area contributed by atoms with Gasteiger partial charge in [0, 0.05) is 22.3 Å². The molecule has 0 saturated carbocycles. The van der Waals surface area contributed by atoms with Crippen molar-refractivity contribution in [2.24, 2.45) is 0 Å². The third kappa shape index (κ3) is 5.79. The Morgan fingerprint density at radius 1 is 0.714 bits per heavy atom. The lowest BCUT2D eigenvalue weighted by Crippen LogP contribution is -2.07. The molecule has 0 atom stereocenters. The second kappa shape index (κ2) is 9.49. The fraction of sp³-hybridized carbons (Fsp3) is 0. The van der Waals surface area contributed by atoms with E-state index in [4.69, 9.17) is 11.6 Å². The summed E-state index contributed by atoms with van der Waals surface area (Å²) >= 11 is 5.83. The molecule has 0 fully saturated rings. The van der Waals surface area contributed by atoms with Crippen LogP contribution in [0, 0.1) is 0 Å². The van der Waals surface area contributed by atoms with Crippen LogP contribution in [-0.4, -0.2) is 11.7 Å². The highest BCUT2D eigenvalue weighted by Crippen LogP contribution is 2.13. The maximum absolute atomic E-state index is 12.1. The van der Waals surface area contributed by atoms with Gasteiger partial charge in [0.05, 0.1) is 0 Å². The van der Waals surface area contributed by atoms with Crippen molar-refractivity contribution in [2.75, 3.05) is 5.32 Å². The Hall–Kier alpha value is -3.43. The lowest BCUT2D eigenvalue weighted by atomic mass is 10.1. The number of ketones is 1. The second-order valence-corrected chi connectivity index (χ2v) is 6.50. The molecule has 138 valence electrons. The first-order chi connectivity index (χ1) is 13.6. The average Bonchev–Trinajstić information content (AvgIpc) is 2.73. The lowest BCUT2D eigenvalue weighted by Gasteiger charge is -2.02. The van der Waals surface area contributed by atoms with Gasteiger partial charge in [0.25, 0.3) is 0 Å². The molecule has 0 aliphatic carbocycles. The first-order valence-corrected chi connectivity index (χ1v) is 9.10. The number of rotatable bonds is 6. The van der Waals surface area contributed by atoms with E-state index in [1.807, 2.05) is 42.5 Å². The summed E-state index contributed by atoms with van der Waals surface area (Å²) in [6, 6.07) is 23.6. The fourth-order valence-corrected chi connectivity index (χ4v) is 2.61. The van der Waals surface area contributed by atoms with Crippen LogP contribution in [-0.2, 0) is 4.79 Å². The Morgan fingerprint density at radius 3 is 2.00 bits per heavy atom. The lowest BCUT2D eigenvalue weighted by molar-refractivity contribution is -0.111. The molecule has 3 aromatic carbocycles.